The van der Waals surface area contributed by atoms with E-state index in [-0.39, 0.29) is 0 Å². The molecule has 2 N–H and O–H groups in total. The van der Waals surface area contributed by atoms with Gasteiger partial charge in [-0.3, -0.25) is 0 Å². The van der Waals surface area contributed by atoms with Crippen molar-refractivity contribution in [3.63, 3.8) is 0 Å². The van der Waals surface area contributed by atoms with Gasteiger partial charge in [-0.1, -0.05) is 27.7 Å². The molecular formula is C15H23N2O2PS. The van der Waals surface area contributed by atoms with Crippen LogP contribution in [0.3, 0.4) is 0 Å². The molecular weight excluding hydrogens is 303 g/mol. The Hall–Kier alpha value is -1.06. The molecule has 0 fully saturated rings. The second-order valence-corrected chi connectivity index (χ2v) is 10.2. The maximum absolute atomic E-state index is 13.0. The lowest BCUT2D eigenvalue weighted by Crippen LogP contribution is -2.10. The van der Waals surface area contributed by atoms with E-state index in [1.54, 1.807) is 6.26 Å². The maximum Gasteiger partial charge on any atom is 0.180 e. The van der Waals surface area contributed by atoms with Gasteiger partial charge in [-0.05, 0) is 18.4 Å². The molecule has 0 saturated carbocycles. The number of thiazole rings is 1. The highest BCUT2D eigenvalue weighted by Crippen LogP contribution is 2.47. The van der Waals surface area contributed by atoms with Crippen LogP contribution in [0.4, 0.5) is 5.13 Å². The molecule has 6 heteroatoms. The zero-order chi connectivity index (χ0) is 15.6. The average Bonchev–Trinajstić information content (AvgIpc) is 3.04. The molecule has 0 aromatic carbocycles. The number of aromatic nitrogens is 1. The molecule has 4 nitrogen and oxygen atoms in total. The number of nitrogens with zero attached hydrogens (tertiary/aromatic N) is 1. The van der Waals surface area contributed by atoms with Crippen molar-refractivity contribution < 1.29 is 8.98 Å². The summed E-state index contributed by atoms with van der Waals surface area (Å²) in [5, 5.41) is 1.34. The normalized spacial score (nSPS) is 12.2. The van der Waals surface area contributed by atoms with Gasteiger partial charge >= 0.3 is 0 Å². The molecule has 0 aliphatic carbocycles. The van der Waals surface area contributed by atoms with Gasteiger partial charge in [0.1, 0.15) is 12.8 Å². The standard InChI is InChI=1S/C15H23N2O2PS/c1-5-20(18,6-2)11-7-8-19-14(11)13-12(9-10(3)4)21-15(16)17-13/h7-8,10H,5-6,9H2,1-4H3,(H2,16,17). The summed E-state index contributed by atoms with van der Waals surface area (Å²) in [7, 11) is -2.40. The lowest BCUT2D eigenvalue weighted by atomic mass is 10.1. The molecule has 2 aromatic rings. The quantitative estimate of drug-likeness (QED) is 0.807. The van der Waals surface area contributed by atoms with Crippen molar-refractivity contribution >= 4 is 28.9 Å². The number of hydrogen-bond donors (Lipinski definition) is 1. The van der Waals surface area contributed by atoms with Crippen LogP contribution < -0.4 is 11.0 Å². The fourth-order valence-electron chi connectivity index (χ4n) is 2.42. The first kappa shape index (κ1) is 16.3. The van der Waals surface area contributed by atoms with E-state index in [2.05, 4.69) is 18.8 Å². The predicted octanol–water partition coefficient (Wildman–Crippen LogP) is 4.21. The van der Waals surface area contributed by atoms with Crippen LogP contribution in [0.2, 0.25) is 0 Å². The van der Waals surface area contributed by atoms with Crippen molar-refractivity contribution in [2.45, 2.75) is 34.1 Å². The van der Waals surface area contributed by atoms with Crippen LogP contribution in [0.15, 0.2) is 16.7 Å². The molecule has 0 bridgehead atoms. The fraction of sp³-hybridized carbons (Fsp3) is 0.533. The molecule has 0 radical (unpaired) electrons. The number of furan rings is 1. The summed E-state index contributed by atoms with van der Waals surface area (Å²) >= 11 is 1.49. The first-order valence-corrected chi connectivity index (χ1v) is 10.2. The van der Waals surface area contributed by atoms with E-state index in [1.165, 1.54) is 11.3 Å². The highest BCUT2D eigenvalue weighted by Gasteiger charge is 2.29. The first-order chi connectivity index (χ1) is 9.91. The number of hydrogen-bond acceptors (Lipinski definition) is 5. The Bertz CT molecular complexity index is 652. The second-order valence-electron chi connectivity index (χ2n) is 5.58. The number of anilines is 1. The summed E-state index contributed by atoms with van der Waals surface area (Å²) in [5.41, 5.74) is 6.65. The van der Waals surface area contributed by atoms with Gasteiger partial charge in [0, 0.05) is 17.2 Å². The summed E-state index contributed by atoms with van der Waals surface area (Å²) in [5.74, 6) is 1.15. The molecule has 0 aliphatic rings. The van der Waals surface area contributed by atoms with Gasteiger partial charge in [-0.15, -0.1) is 11.3 Å². The average molecular weight is 326 g/mol. The minimum absolute atomic E-state index is 0.506. The summed E-state index contributed by atoms with van der Waals surface area (Å²) in [4.78, 5) is 5.54. The third-order valence-electron chi connectivity index (χ3n) is 3.63. The Morgan fingerprint density at radius 2 is 2.05 bits per heavy atom. The molecule has 116 valence electrons. The van der Waals surface area contributed by atoms with Gasteiger partial charge in [0.15, 0.2) is 10.9 Å². The highest BCUT2D eigenvalue weighted by molar-refractivity contribution is 7.71. The van der Waals surface area contributed by atoms with Crippen molar-refractivity contribution in [3.05, 3.63) is 17.2 Å². The monoisotopic (exact) mass is 326 g/mol. The van der Waals surface area contributed by atoms with E-state index in [0.717, 1.165) is 22.3 Å². The molecule has 0 spiro atoms. The molecule has 2 rings (SSSR count). The van der Waals surface area contributed by atoms with Crippen LogP contribution in [0.25, 0.3) is 11.5 Å². The first-order valence-electron chi connectivity index (χ1n) is 7.33. The van der Waals surface area contributed by atoms with Gasteiger partial charge in [0.05, 0.1) is 11.6 Å². The number of nitrogens with two attached hydrogens (primary N) is 1. The zero-order valence-electron chi connectivity index (χ0n) is 13.0. The van der Waals surface area contributed by atoms with Crippen LogP contribution in [0, 0.1) is 5.92 Å². The Labute approximate surface area is 130 Å². The smallest absolute Gasteiger partial charge is 0.180 e. The largest absolute Gasteiger partial charge is 0.462 e. The predicted molar refractivity (Wildman–Crippen MR) is 91.1 cm³/mol. The van der Waals surface area contributed by atoms with Crippen LogP contribution >= 0.6 is 18.5 Å². The van der Waals surface area contributed by atoms with Crippen LogP contribution in [0.1, 0.15) is 32.6 Å². The Kier molecular flexibility index (Phi) is 4.95. The maximum atomic E-state index is 13.0. The topological polar surface area (TPSA) is 69.1 Å². The summed E-state index contributed by atoms with van der Waals surface area (Å²) in [6, 6.07) is 1.83. The van der Waals surface area contributed by atoms with Crippen LogP contribution in [0.5, 0.6) is 0 Å². The van der Waals surface area contributed by atoms with E-state index in [9.17, 15) is 4.57 Å². The van der Waals surface area contributed by atoms with E-state index in [0.29, 0.717) is 29.1 Å². The van der Waals surface area contributed by atoms with Gasteiger partial charge < -0.3 is 14.7 Å². The van der Waals surface area contributed by atoms with Gasteiger partial charge in [0.25, 0.3) is 0 Å². The Morgan fingerprint density at radius 1 is 1.38 bits per heavy atom. The lowest BCUT2D eigenvalue weighted by Gasteiger charge is -2.14. The molecule has 0 atom stereocenters. The van der Waals surface area contributed by atoms with Crippen molar-refractivity contribution in [3.8, 4) is 11.5 Å². The SMILES string of the molecule is CCP(=O)(CC)c1ccoc1-c1nc(N)sc1CC(C)C. The zero-order valence-corrected chi connectivity index (χ0v) is 14.8. The third-order valence-corrected chi connectivity index (χ3v) is 7.81. The minimum atomic E-state index is -2.40. The van der Waals surface area contributed by atoms with Crippen molar-refractivity contribution in [1.29, 1.82) is 0 Å². The molecule has 21 heavy (non-hydrogen) atoms. The summed E-state index contributed by atoms with van der Waals surface area (Å²) in [6.45, 7) is 8.24. The minimum Gasteiger partial charge on any atom is -0.462 e. The third kappa shape index (κ3) is 3.24. The van der Waals surface area contributed by atoms with Crippen LogP contribution in [-0.2, 0) is 11.0 Å². The van der Waals surface area contributed by atoms with Crippen molar-refractivity contribution in [2.24, 2.45) is 5.92 Å². The molecule has 0 unspecified atom stereocenters. The number of nitrogen functional groups attached to an aromatic ring is 1. The fourth-order valence-corrected chi connectivity index (χ4v) is 5.45. The molecule has 2 aromatic heterocycles. The molecule has 2 heterocycles. The summed E-state index contributed by atoms with van der Waals surface area (Å²) < 4.78 is 18.7. The second kappa shape index (κ2) is 6.37. The van der Waals surface area contributed by atoms with E-state index >= 15 is 0 Å². The van der Waals surface area contributed by atoms with Gasteiger partial charge in [0.2, 0.25) is 0 Å². The molecule has 0 aliphatic heterocycles. The van der Waals surface area contributed by atoms with Crippen molar-refractivity contribution in [2.75, 3.05) is 18.1 Å². The van der Waals surface area contributed by atoms with E-state index in [1.807, 2.05) is 19.9 Å². The number of rotatable bonds is 6. The molecule has 0 saturated heterocycles. The Balaban J connectivity index is 2.54. The van der Waals surface area contributed by atoms with E-state index in [4.69, 9.17) is 10.2 Å². The van der Waals surface area contributed by atoms with Crippen LogP contribution in [-0.4, -0.2) is 17.3 Å². The Morgan fingerprint density at radius 3 is 2.62 bits per heavy atom. The van der Waals surface area contributed by atoms with Gasteiger partial charge in [-0.2, -0.15) is 0 Å². The summed E-state index contributed by atoms with van der Waals surface area (Å²) in [6.07, 6.45) is 3.77. The highest BCUT2D eigenvalue weighted by atomic mass is 32.1. The van der Waals surface area contributed by atoms with Gasteiger partial charge in [-0.25, -0.2) is 4.98 Å². The molecule has 0 amide bonds. The van der Waals surface area contributed by atoms with Crippen molar-refractivity contribution in [1.82, 2.24) is 4.98 Å². The van der Waals surface area contributed by atoms with E-state index < -0.39 is 7.14 Å². The lowest BCUT2D eigenvalue weighted by molar-refractivity contribution is 0.575.